The third kappa shape index (κ3) is 7.98. The molecule has 0 fully saturated rings. The van der Waals surface area contributed by atoms with Gasteiger partial charge in [-0.3, -0.25) is 4.79 Å². The Labute approximate surface area is 224 Å². The predicted molar refractivity (Wildman–Crippen MR) is 150 cm³/mol. The number of aryl methyl sites for hydroxylation is 2. The maximum atomic E-state index is 13.6. The summed E-state index contributed by atoms with van der Waals surface area (Å²) in [5.41, 5.74) is 3.99. The van der Waals surface area contributed by atoms with Crippen LogP contribution in [0.15, 0.2) is 53.9 Å². The molecular weight excluding hydrogens is 486 g/mol. The van der Waals surface area contributed by atoms with E-state index >= 15 is 0 Å². The molecule has 3 amide bonds. The van der Waals surface area contributed by atoms with E-state index in [2.05, 4.69) is 18.3 Å². The highest BCUT2D eigenvalue weighted by Gasteiger charge is 2.22. The lowest BCUT2D eigenvalue weighted by atomic mass is 10.1. The standard InChI is InChI=1S/C29H37N3O4S/c1-6-14-32(29(34)30-24-9-7-8-21(2)17-24)20-28(33)31(19-27-22(3)13-16-37-27)15-12-23-10-11-25(35-4)26(18-23)36-5/h7-11,13,16-18H,6,12,14-15,19-20H2,1-5H3,(H,30,34). The molecule has 0 bridgehead atoms. The van der Waals surface area contributed by atoms with Gasteiger partial charge in [-0.15, -0.1) is 11.3 Å². The van der Waals surface area contributed by atoms with E-state index in [1.807, 2.05) is 66.6 Å². The molecule has 0 spiro atoms. The smallest absolute Gasteiger partial charge is 0.322 e. The first-order valence-electron chi connectivity index (χ1n) is 12.5. The fraction of sp³-hybridized carbons (Fsp3) is 0.379. The molecule has 0 atom stereocenters. The Balaban J connectivity index is 1.75. The minimum Gasteiger partial charge on any atom is -0.493 e. The molecule has 1 N–H and O–H groups in total. The summed E-state index contributed by atoms with van der Waals surface area (Å²) in [5, 5.41) is 4.98. The number of anilines is 1. The number of hydrogen-bond donors (Lipinski definition) is 1. The number of nitrogens with one attached hydrogen (secondary N) is 1. The van der Waals surface area contributed by atoms with Gasteiger partial charge in [0.2, 0.25) is 5.91 Å². The fourth-order valence-electron chi connectivity index (χ4n) is 4.04. The van der Waals surface area contributed by atoms with Gasteiger partial charge in [0.05, 0.1) is 20.8 Å². The lowest BCUT2D eigenvalue weighted by Crippen LogP contribution is -2.45. The third-order valence-corrected chi connectivity index (χ3v) is 7.16. The molecule has 3 aromatic rings. The zero-order valence-electron chi connectivity index (χ0n) is 22.4. The van der Waals surface area contributed by atoms with Gasteiger partial charge in [0.15, 0.2) is 11.5 Å². The molecule has 198 valence electrons. The Morgan fingerprint density at radius 2 is 1.73 bits per heavy atom. The molecular formula is C29H37N3O4S. The Hall–Kier alpha value is -3.52. The van der Waals surface area contributed by atoms with E-state index < -0.39 is 0 Å². The van der Waals surface area contributed by atoms with Crippen molar-refractivity contribution in [1.29, 1.82) is 0 Å². The van der Waals surface area contributed by atoms with Crippen LogP contribution in [-0.4, -0.2) is 55.6 Å². The number of carbonyl (C=O) groups excluding carboxylic acids is 2. The Kier molecular flexibility index (Phi) is 10.4. The number of methoxy groups -OCH3 is 2. The van der Waals surface area contributed by atoms with Crippen LogP contribution in [0, 0.1) is 13.8 Å². The molecule has 0 saturated heterocycles. The van der Waals surface area contributed by atoms with Gasteiger partial charge in [-0.2, -0.15) is 0 Å². The molecule has 8 heteroatoms. The average Bonchev–Trinajstić information content (AvgIpc) is 3.29. The van der Waals surface area contributed by atoms with E-state index in [1.54, 1.807) is 30.5 Å². The first kappa shape index (κ1) is 28.1. The van der Waals surface area contributed by atoms with Crippen molar-refractivity contribution in [1.82, 2.24) is 9.80 Å². The van der Waals surface area contributed by atoms with Crippen molar-refractivity contribution >= 4 is 29.0 Å². The number of amides is 3. The highest BCUT2D eigenvalue weighted by molar-refractivity contribution is 7.10. The SMILES string of the molecule is CCCN(CC(=O)N(CCc1ccc(OC)c(OC)c1)Cc1sccc1C)C(=O)Nc1cccc(C)c1. The van der Waals surface area contributed by atoms with Crippen LogP contribution in [0.4, 0.5) is 10.5 Å². The summed E-state index contributed by atoms with van der Waals surface area (Å²) in [7, 11) is 3.22. The van der Waals surface area contributed by atoms with Crippen molar-refractivity contribution < 1.29 is 19.1 Å². The Morgan fingerprint density at radius 3 is 2.38 bits per heavy atom. The summed E-state index contributed by atoms with van der Waals surface area (Å²) in [4.78, 5) is 31.2. The second kappa shape index (κ2) is 13.7. The average molecular weight is 524 g/mol. The van der Waals surface area contributed by atoms with Gasteiger partial charge in [0.1, 0.15) is 6.54 Å². The number of urea groups is 1. The van der Waals surface area contributed by atoms with Crippen LogP contribution < -0.4 is 14.8 Å². The minimum atomic E-state index is -0.270. The molecule has 0 unspecified atom stereocenters. The number of ether oxygens (including phenoxy) is 2. The maximum Gasteiger partial charge on any atom is 0.322 e. The largest absolute Gasteiger partial charge is 0.493 e. The lowest BCUT2D eigenvalue weighted by molar-refractivity contribution is -0.132. The van der Waals surface area contributed by atoms with Gasteiger partial charge < -0.3 is 24.6 Å². The van der Waals surface area contributed by atoms with Crippen LogP contribution in [0.5, 0.6) is 11.5 Å². The summed E-state index contributed by atoms with van der Waals surface area (Å²) in [6.07, 6.45) is 1.41. The van der Waals surface area contributed by atoms with E-state index in [-0.39, 0.29) is 18.5 Å². The minimum absolute atomic E-state index is 0.0157. The highest BCUT2D eigenvalue weighted by atomic mass is 32.1. The molecule has 0 radical (unpaired) electrons. The summed E-state index contributed by atoms with van der Waals surface area (Å²) in [5.74, 6) is 1.25. The molecule has 37 heavy (non-hydrogen) atoms. The number of nitrogens with zero attached hydrogens (tertiary/aromatic N) is 2. The molecule has 7 nitrogen and oxygen atoms in total. The first-order chi connectivity index (χ1) is 17.8. The third-order valence-electron chi connectivity index (χ3n) is 6.15. The molecule has 0 saturated carbocycles. The lowest BCUT2D eigenvalue weighted by Gasteiger charge is -2.28. The van der Waals surface area contributed by atoms with Gasteiger partial charge >= 0.3 is 6.03 Å². The van der Waals surface area contributed by atoms with Crippen molar-refractivity contribution in [3.05, 3.63) is 75.5 Å². The summed E-state index contributed by atoms with van der Waals surface area (Å²) in [6, 6.07) is 15.2. The van der Waals surface area contributed by atoms with E-state index in [9.17, 15) is 9.59 Å². The molecule has 1 aromatic heterocycles. The quantitative estimate of drug-likeness (QED) is 0.321. The monoisotopic (exact) mass is 523 g/mol. The normalized spacial score (nSPS) is 10.6. The number of rotatable bonds is 12. The van der Waals surface area contributed by atoms with Crippen molar-refractivity contribution in [2.45, 2.75) is 40.2 Å². The van der Waals surface area contributed by atoms with Crippen LogP contribution in [0.25, 0.3) is 0 Å². The fourth-order valence-corrected chi connectivity index (χ4v) is 4.96. The van der Waals surface area contributed by atoms with Gasteiger partial charge in [0.25, 0.3) is 0 Å². The molecule has 2 aromatic carbocycles. The van der Waals surface area contributed by atoms with E-state index in [0.717, 1.165) is 33.7 Å². The van der Waals surface area contributed by atoms with Crippen molar-refractivity contribution in [3.63, 3.8) is 0 Å². The highest BCUT2D eigenvalue weighted by Crippen LogP contribution is 2.28. The van der Waals surface area contributed by atoms with Crippen LogP contribution in [0.3, 0.4) is 0 Å². The summed E-state index contributed by atoms with van der Waals surface area (Å²) < 4.78 is 10.8. The van der Waals surface area contributed by atoms with Crippen LogP contribution in [0.2, 0.25) is 0 Å². The molecule has 3 rings (SSSR count). The van der Waals surface area contributed by atoms with Crippen molar-refractivity contribution in [2.24, 2.45) is 0 Å². The zero-order valence-corrected chi connectivity index (χ0v) is 23.2. The Bertz CT molecular complexity index is 1190. The zero-order chi connectivity index (χ0) is 26.8. The van der Waals surface area contributed by atoms with E-state index in [0.29, 0.717) is 37.6 Å². The molecule has 1 heterocycles. The van der Waals surface area contributed by atoms with Gasteiger partial charge in [-0.05, 0) is 79.1 Å². The van der Waals surface area contributed by atoms with Gasteiger partial charge in [-0.1, -0.05) is 25.1 Å². The van der Waals surface area contributed by atoms with Crippen LogP contribution in [0.1, 0.15) is 34.9 Å². The number of hydrogen-bond acceptors (Lipinski definition) is 5. The predicted octanol–water partition coefficient (Wildman–Crippen LogP) is 5.90. The number of benzene rings is 2. The maximum absolute atomic E-state index is 13.6. The summed E-state index contributed by atoms with van der Waals surface area (Å²) in [6.45, 7) is 7.57. The first-order valence-corrected chi connectivity index (χ1v) is 13.4. The molecule has 0 aliphatic carbocycles. The van der Waals surface area contributed by atoms with Gasteiger partial charge in [-0.25, -0.2) is 4.79 Å². The topological polar surface area (TPSA) is 71.1 Å². The number of thiophene rings is 1. The van der Waals surface area contributed by atoms with E-state index in [4.69, 9.17) is 9.47 Å². The van der Waals surface area contributed by atoms with E-state index in [1.165, 1.54) is 0 Å². The van der Waals surface area contributed by atoms with Gasteiger partial charge in [0, 0.05) is 23.7 Å². The second-order valence-corrected chi connectivity index (χ2v) is 10.0. The van der Waals surface area contributed by atoms with Crippen LogP contribution in [-0.2, 0) is 17.8 Å². The molecule has 0 aliphatic heterocycles. The second-order valence-electron chi connectivity index (χ2n) is 9.00. The van der Waals surface area contributed by atoms with Crippen molar-refractivity contribution in [3.8, 4) is 11.5 Å². The Morgan fingerprint density at radius 1 is 0.946 bits per heavy atom. The van der Waals surface area contributed by atoms with Crippen molar-refractivity contribution in [2.75, 3.05) is 39.2 Å². The number of carbonyl (C=O) groups is 2. The summed E-state index contributed by atoms with van der Waals surface area (Å²) >= 11 is 1.64. The van der Waals surface area contributed by atoms with Crippen LogP contribution >= 0.6 is 11.3 Å². The molecule has 0 aliphatic rings.